The molecule has 104 valence electrons. The lowest BCUT2D eigenvalue weighted by Gasteiger charge is -2.06. The summed E-state index contributed by atoms with van der Waals surface area (Å²) in [5.41, 5.74) is 0.854. The second-order valence-electron chi connectivity index (χ2n) is 4.00. The Morgan fingerprint density at radius 1 is 1.55 bits per heavy atom. The van der Waals surface area contributed by atoms with Crippen LogP contribution in [0.3, 0.4) is 0 Å². The number of nitrogens with zero attached hydrogens (tertiary/aromatic N) is 2. The molecule has 8 heteroatoms. The maximum absolute atomic E-state index is 12.1. The molecular formula is C12H11ClN4O3. The molecule has 0 saturated carbocycles. The van der Waals surface area contributed by atoms with Gasteiger partial charge in [0.2, 0.25) is 0 Å². The SMILES string of the molecule is CCc1cn[nH]c1NC(=O)c1ccc([N+](=O)[O-])cc1Cl. The molecule has 2 rings (SSSR count). The van der Waals surface area contributed by atoms with Gasteiger partial charge in [-0.3, -0.25) is 20.0 Å². The fourth-order valence-corrected chi connectivity index (χ4v) is 1.93. The van der Waals surface area contributed by atoms with Gasteiger partial charge in [-0.1, -0.05) is 18.5 Å². The number of benzene rings is 1. The van der Waals surface area contributed by atoms with Gasteiger partial charge in [-0.25, -0.2) is 0 Å². The summed E-state index contributed by atoms with van der Waals surface area (Å²) in [6.07, 6.45) is 2.33. The third-order valence-corrected chi connectivity index (χ3v) is 3.06. The van der Waals surface area contributed by atoms with Crippen LogP contribution in [0.1, 0.15) is 22.8 Å². The molecule has 0 saturated heterocycles. The predicted molar refractivity (Wildman–Crippen MR) is 74.0 cm³/mol. The monoisotopic (exact) mass is 294 g/mol. The van der Waals surface area contributed by atoms with E-state index >= 15 is 0 Å². The number of hydrogen-bond donors (Lipinski definition) is 2. The van der Waals surface area contributed by atoms with Gasteiger partial charge >= 0.3 is 0 Å². The number of aryl methyl sites for hydroxylation is 1. The summed E-state index contributed by atoms with van der Waals surface area (Å²) in [5, 5.41) is 19.8. The summed E-state index contributed by atoms with van der Waals surface area (Å²) in [7, 11) is 0. The first-order valence-corrected chi connectivity index (χ1v) is 6.18. The number of nitro groups is 1. The smallest absolute Gasteiger partial charge is 0.270 e. The van der Waals surface area contributed by atoms with Crippen molar-refractivity contribution in [3.8, 4) is 0 Å². The summed E-state index contributed by atoms with van der Waals surface area (Å²) in [4.78, 5) is 22.1. The Bertz CT molecular complexity index is 668. The average molecular weight is 295 g/mol. The molecule has 7 nitrogen and oxygen atoms in total. The average Bonchev–Trinajstić information content (AvgIpc) is 2.85. The molecule has 0 aliphatic rings. The maximum Gasteiger partial charge on any atom is 0.270 e. The number of carbonyl (C=O) groups is 1. The Labute approximate surface area is 119 Å². The second kappa shape index (κ2) is 5.70. The number of amides is 1. The van der Waals surface area contributed by atoms with Gasteiger partial charge in [0.1, 0.15) is 5.82 Å². The van der Waals surface area contributed by atoms with Crippen LogP contribution in [0.2, 0.25) is 5.02 Å². The van der Waals surface area contributed by atoms with Gasteiger partial charge in [-0.2, -0.15) is 5.10 Å². The molecule has 2 aromatic rings. The molecule has 0 unspecified atom stereocenters. The summed E-state index contributed by atoms with van der Waals surface area (Å²) in [6.45, 7) is 1.93. The van der Waals surface area contributed by atoms with Crippen LogP contribution < -0.4 is 5.32 Å². The zero-order chi connectivity index (χ0) is 14.7. The Kier molecular flexibility index (Phi) is 3.99. The molecule has 0 bridgehead atoms. The minimum absolute atomic E-state index is 0.0225. The van der Waals surface area contributed by atoms with Crippen molar-refractivity contribution in [1.82, 2.24) is 10.2 Å². The highest BCUT2D eigenvalue weighted by atomic mass is 35.5. The van der Waals surface area contributed by atoms with E-state index in [2.05, 4.69) is 15.5 Å². The Morgan fingerprint density at radius 3 is 2.90 bits per heavy atom. The number of nitro benzene ring substituents is 1. The Balaban J connectivity index is 2.24. The van der Waals surface area contributed by atoms with E-state index in [1.807, 2.05) is 6.92 Å². The van der Waals surface area contributed by atoms with Crippen molar-refractivity contribution in [3.63, 3.8) is 0 Å². The molecule has 0 aliphatic carbocycles. The third kappa shape index (κ3) is 2.77. The number of rotatable bonds is 4. The largest absolute Gasteiger partial charge is 0.307 e. The van der Waals surface area contributed by atoms with E-state index in [0.717, 1.165) is 11.6 Å². The minimum atomic E-state index is -0.572. The Morgan fingerprint density at radius 2 is 2.30 bits per heavy atom. The van der Waals surface area contributed by atoms with E-state index in [1.165, 1.54) is 12.1 Å². The lowest BCUT2D eigenvalue weighted by molar-refractivity contribution is -0.384. The van der Waals surface area contributed by atoms with Gasteiger partial charge in [0.15, 0.2) is 0 Å². The van der Waals surface area contributed by atoms with Crippen molar-refractivity contribution >= 4 is 29.0 Å². The summed E-state index contributed by atoms with van der Waals surface area (Å²) < 4.78 is 0. The highest BCUT2D eigenvalue weighted by Gasteiger charge is 2.16. The van der Waals surface area contributed by atoms with Crippen LogP contribution in [-0.2, 0) is 6.42 Å². The van der Waals surface area contributed by atoms with Gasteiger partial charge in [0.25, 0.3) is 11.6 Å². The van der Waals surface area contributed by atoms with Crippen molar-refractivity contribution in [2.45, 2.75) is 13.3 Å². The second-order valence-corrected chi connectivity index (χ2v) is 4.41. The number of anilines is 1. The summed E-state index contributed by atoms with van der Waals surface area (Å²) in [6, 6.07) is 3.69. The molecule has 0 aliphatic heterocycles. The molecule has 1 aromatic heterocycles. The number of non-ortho nitro benzene ring substituents is 1. The van der Waals surface area contributed by atoms with E-state index in [9.17, 15) is 14.9 Å². The van der Waals surface area contributed by atoms with Crippen LogP contribution >= 0.6 is 11.6 Å². The van der Waals surface area contributed by atoms with Gasteiger partial charge in [0.05, 0.1) is 21.7 Å². The van der Waals surface area contributed by atoms with Crippen molar-refractivity contribution in [1.29, 1.82) is 0 Å². The fourth-order valence-electron chi connectivity index (χ4n) is 1.67. The third-order valence-electron chi connectivity index (χ3n) is 2.75. The molecule has 0 fully saturated rings. The van der Waals surface area contributed by atoms with Gasteiger partial charge in [-0.05, 0) is 12.5 Å². The van der Waals surface area contributed by atoms with Crippen LogP contribution in [0.4, 0.5) is 11.5 Å². The fraction of sp³-hybridized carbons (Fsp3) is 0.167. The van der Waals surface area contributed by atoms with E-state index in [-0.39, 0.29) is 16.3 Å². The molecule has 0 radical (unpaired) electrons. The number of aromatic nitrogens is 2. The van der Waals surface area contributed by atoms with E-state index in [4.69, 9.17) is 11.6 Å². The van der Waals surface area contributed by atoms with Crippen LogP contribution in [0.15, 0.2) is 24.4 Å². The summed E-state index contributed by atoms with van der Waals surface area (Å²) in [5.74, 6) is 0.0377. The minimum Gasteiger partial charge on any atom is -0.307 e. The molecule has 0 atom stereocenters. The first-order chi connectivity index (χ1) is 9.52. The topological polar surface area (TPSA) is 101 Å². The number of carbonyl (C=O) groups excluding carboxylic acids is 1. The molecule has 1 aromatic carbocycles. The van der Waals surface area contributed by atoms with Crippen LogP contribution in [-0.4, -0.2) is 21.0 Å². The van der Waals surface area contributed by atoms with E-state index in [1.54, 1.807) is 6.20 Å². The quantitative estimate of drug-likeness (QED) is 0.668. The van der Waals surface area contributed by atoms with Crippen LogP contribution in [0.5, 0.6) is 0 Å². The number of nitrogens with one attached hydrogen (secondary N) is 2. The maximum atomic E-state index is 12.1. The Hall–Kier alpha value is -2.41. The number of aromatic amines is 1. The first kappa shape index (κ1) is 14.0. The lowest BCUT2D eigenvalue weighted by Crippen LogP contribution is -2.14. The van der Waals surface area contributed by atoms with Crippen LogP contribution in [0.25, 0.3) is 0 Å². The molecule has 1 amide bonds. The van der Waals surface area contributed by atoms with Crippen molar-refractivity contribution in [2.24, 2.45) is 0 Å². The highest BCUT2D eigenvalue weighted by molar-refractivity contribution is 6.34. The zero-order valence-electron chi connectivity index (χ0n) is 10.5. The van der Waals surface area contributed by atoms with Gasteiger partial charge < -0.3 is 5.32 Å². The zero-order valence-corrected chi connectivity index (χ0v) is 11.3. The molecule has 2 N–H and O–H groups in total. The lowest BCUT2D eigenvalue weighted by atomic mass is 10.2. The van der Waals surface area contributed by atoms with Gasteiger partial charge in [-0.15, -0.1) is 0 Å². The highest BCUT2D eigenvalue weighted by Crippen LogP contribution is 2.23. The van der Waals surface area contributed by atoms with Crippen molar-refractivity contribution < 1.29 is 9.72 Å². The van der Waals surface area contributed by atoms with Crippen molar-refractivity contribution in [3.05, 3.63) is 50.7 Å². The first-order valence-electron chi connectivity index (χ1n) is 5.80. The van der Waals surface area contributed by atoms with Crippen LogP contribution in [0, 0.1) is 10.1 Å². The molecule has 20 heavy (non-hydrogen) atoms. The van der Waals surface area contributed by atoms with E-state index < -0.39 is 10.8 Å². The molecule has 1 heterocycles. The molecule has 0 spiro atoms. The van der Waals surface area contributed by atoms with Crippen molar-refractivity contribution in [2.75, 3.05) is 5.32 Å². The number of halogens is 1. The number of hydrogen-bond acceptors (Lipinski definition) is 4. The van der Waals surface area contributed by atoms with Gasteiger partial charge in [0, 0.05) is 17.7 Å². The standard InChI is InChI=1S/C12H11ClN4O3/c1-2-7-6-14-16-11(7)15-12(18)9-4-3-8(17(19)20)5-10(9)13/h3-6H,2H2,1H3,(H2,14,15,16,18). The van der Waals surface area contributed by atoms with E-state index in [0.29, 0.717) is 12.2 Å². The predicted octanol–water partition coefficient (Wildman–Crippen LogP) is 2.79. The normalized spacial score (nSPS) is 10.3. The number of H-pyrrole nitrogens is 1. The summed E-state index contributed by atoms with van der Waals surface area (Å²) >= 11 is 5.89. The molecular weight excluding hydrogens is 284 g/mol.